The summed E-state index contributed by atoms with van der Waals surface area (Å²) in [6.07, 6.45) is 1.33. The van der Waals surface area contributed by atoms with Gasteiger partial charge in [0.25, 0.3) is 11.6 Å². The van der Waals surface area contributed by atoms with E-state index in [1.165, 1.54) is 21.7 Å². The molecule has 1 aromatic rings. The topological polar surface area (TPSA) is 68.4 Å². The van der Waals surface area contributed by atoms with Crippen molar-refractivity contribution in [3.8, 4) is 0 Å². The van der Waals surface area contributed by atoms with E-state index in [2.05, 4.69) is 15.9 Å². The second-order valence-electron chi connectivity index (χ2n) is 3.92. The van der Waals surface area contributed by atoms with Crippen LogP contribution in [0.15, 0.2) is 12.3 Å². The van der Waals surface area contributed by atoms with Crippen molar-refractivity contribution in [2.45, 2.75) is 11.8 Å². The Labute approximate surface area is 107 Å². The minimum Gasteiger partial charge on any atom is -0.340 e. The predicted molar refractivity (Wildman–Crippen MR) is 67.4 cm³/mol. The van der Waals surface area contributed by atoms with Gasteiger partial charge in [0.05, 0.1) is 11.1 Å². The van der Waals surface area contributed by atoms with Crippen molar-refractivity contribution in [1.29, 1.82) is 0 Å². The van der Waals surface area contributed by atoms with E-state index >= 15 is 0 Å². The van der Waals surface area contributed by atoms with Gasteiger partial charge in [0, 0.05) is 31.5 Å². The van der Waals surface area contributed by atoms with Gasteiger partial charge >= 0.3 is 0 Å². The number of hydrogen-bond donors (Lipinski definition) is 0. The number of aryl methyl sites for hydroxylation is 1. The number of nitro groups is 1. The normalized spacial score (nSPS) is 12.2. The van der Waals surface area contributed by atoms with Crippen molar-refractivity contribution in [2.75, 3.05) is 13.6 Å². The summed E-state index contributed by atoms with van der Waals surface area (Å²) in [5.41, 5.74) is 0.239. The van der Waals surface area contributed by atoms with E-state index in [1.54, 1.807) is 14.1 Å². The highest BCUT2D eigenvalue weighted by Crippen LogP contribution is 2.16. The summed E-state index contributed by atoms with van der Waals surface area (Å²) in [5, 5.41) is 10.6. The Morgan fingerprint density at radius 1 is 1.71 bits per heavy atom. The van der Waals surface area contributed by atoms with Crippen LogP contribution >= 0.6 is 15.9 Å². The summed E-state index contributed by atoms with van der Waals surface area (Å²) in [7, 11) is 3.28. The maximum Gasteiger partial charge on any atom is 0.287 e. The van der Waals surface area contributed by atoms with E-state index in [0.29, 0.717) is 12.2 Å². The third-order valence-corrected chi connectivity index (χ3v) is 2.58. The first-order chi connectivity index (χ1) is 7.82. The Morgan fingerprint density at radius 3 is 2.71 bits per heavy atom. The van der Waals surface area contributed by atoms with Crippen molar-refractivity contribution in [1.82, 2.24) is 9.47 Å². The SMILES string of the molecule is CC(Br)CN(C)C(=O)c1cc([N+](=O)[O-])cn1C. The van der Waals surface area contributed by atoms with Crippen LogP contribution < -0.4 is 0 Å². The number of halogens is 1. The molecule has 7 heteroatoms. The molecule has 0 spiro atoms. The number of carbonyl (C=O) groups excluding carboxylic acids is 1. The predicted octanol–water partition coefficient (Wildman–Crippen LogP) is 1.79. The smallest absolute Gasteiger partial charge is 0.287 e. The average molecular weight is 304 g/mol. The molecule has 0 saturated heterocycles. The van der Waals surface area contributed by atoms with Gasteiger partial charge in [-0.05, 0) is 0 Å². The van der Waals surface area contributed by atoms with Crippen LogP contribution in [-0.4, -0.2) is 38.7 Å². The van der Waals surface area contributed by atoms with Gasteiger partial charge in [0.15, 0.2) is 0 Å². The summed E-state index contributed by atoms with van der Waals surface area (Å²) >= 11 is 3.35. The third kappa shape index (κ3) is 3.29. The molecule has 0 fully saturated rings. The van der Waals surface area contributed by atoms with Gasteiger partial charge in [-0.25, -0.2) is 0 Å². The number of aromatic nitrogens is 1. The van der Waals surface area contributed by atoms with Crippen molar-refractivity contribution in [2.24, 2.45) is 7.05 Å². The van der Waals surface area contributed by atoms with Crippen molar-refractivity contribution < 1.29 is 9.72 Å². The zero-order valence-electron chi connectivity index (χ0n) is 9.88. The van der Waals surface area contributed by atoms with Crippen molar-refractivity contribution >= 4 is 27.5 Å². The molecule has 94 valence electrons. The lowest BCUT2D eigenvalue weighted by Crippen LogP contribution is -2.32. The zero-order valence-corrected chi connectivity index (χ0v) is 11.5. The highest BCUT2D eigenvalue weighted by Gasteiger charge is 2.20. The Balaban J connectivity index is 2.92. The van der Waals surface area contributed by atoms with Crippen molar-refractivity contribution in [3.63, 3.8) is 0 Å². The first-order valence-electron chi connectivity index (χ1n) is 5.03. The van der Waals surface area contributed by atoms with Gasteiger partial charge < -0.3 is 9.47 Å². The van der Waals surface area contributed by atoms with Crippen LogP contribution in [0.5, 0.6) is 0 Å². The Bertz CT molecular complexity index is 442. The largest absolute Gasteiger partial charge is 0.340 e. The molecule has 0 N–H and O–H groups in total. The number of amides is 1. The van der Waals surface area contributed by atoms with Crippen molar-refractivity contribution in [3.05, 3.63) is 28.1 Å². The number of rotatable bonds is 4. The first-order valence-corrected chi connectivity index (χ1v) is 5.94. The van der Waals surface area contributed by atoms with E-state index in [4.69, 9.17) is 0 Å². The van der Waals surface area contributed by atoms with Crippen LogP contribution in [0, 0.1) is 10.1 Å². The standard InChI is InChI=1S/C10H14BrN3O3/c1-7(11)5-13(3)10(15)9-4-8(14(16)17)6-12(9)2/h4,6-7H,5H2,1-3H3. The molecule has 6 nitrogen and oxygen atoms in total. The highest BCUT2D eigenvalue weighted by atomic mass is 79.9. The molecule has 0 saturated carbocycles. The highest BCUT2D eigenvalue weighted by molar-refractivity contribution is 9.09. The molecule has 0 bridgehead atoms. The van der Waals surface area contributed by atoms with E-state index in [-0.39, 0.29) is 16.4 Å². The molecular formula is C10H14BrN3O3. The summed E-state index contributed by atoms with van der Waals surface area (Å²) in [6, 6.07) is 1.29. The Morgan fingerprint density at radius 2 is 2.29 bits per heavy atom. The van der Waals surface area contributed by atoms with Crippen LogP contribution in [0.1, 0.15) is 17.4 Å². The van der Waals surface area contributed by atoms with Gasteiger partial charge in [0.2, 0.25) is 0 Å². The second-order valence-corrected chi connectivity index (χ2v) is 5.48. The molecule has 1 aromatic heterocycles. The fraction of sp³-hybridized carbons (Fsp3) is 0.500. The minimum absolute atomic E-state index is 0.0730. The summed E-state index contributed by atoms with van der Waals surface area (Å²) in [4.78, 5) is 23.8. The van der Waals surface area contributed by atoms with E-state index < -0.39 is 4.92 Å². The van der Waals surface area contributed by atoms with Gasteiger partial charge in [0.1, 0.15) is 5.69 Å². The Hall–Kier alpha value is -1.37. The van der Waals surface area contributed by atoms with E-state index in [9.17, 15) is 14.9 Å². The molecule has 17 heavy (non-hydrogen) atoms. The minimum atomic E-state index is -0.510. The molecule has 1 atom stereocenters. The fourth-order valence-electron chi connectivity index (χ4n) is 1.52. The molecule has 0 aliphatic carbocycles. The number of hydrogen-bond acceptors (Lipinski definition) is 3. The molecule has 1 rings (SSSR count). The van der Waals surface area contributed by atoms with Gasteiger partial charge in [-0.15, -0.1) is 0 Å². The zero-order chi connectivity index (χ0) is 13.2. The lowest BCUT2D eigenvalue weighted by Gasteiger charge is -2.18. The molecule has 0 aliphatic rings. The number of nitrogens with zero attached hydrogens (tertiary/aromatic N) is 3. The van der Waals surface area contributed by atoms with Gasteiger partial charge in [-0.1, -0.05) is 22.9 Å². The fourth-order valence-corrected chi connectivity index (χ4v) is 1.95. The van der Waals surface area contributed by atoms with Gasteiger partial charge in [-0.2, -0.15) is 0 Å². The molecular weight excluding hydrogens is 290 g/mol. The van der Waals surface area contributed by atoms with Crippen LogP contribution in [-0.2, 0) is 7.05 Å². The molecule has 1 unspecified atom stereocenters. The van der Waals surface area contributed by atoms with E-state index in [1.807, 2.05) is 6.92 Å². The lowest BCUT2D eigenvalue weighted by atomic mass is 10.3. The third-order valence-electron chi connectivity index (χ3n) is 2.29. The molecule has 0 radical (unpaired) electrons. The average Bonchev–Trinajstić information content (AvgIpc) is 2.58. The van der Waals surface area contributed by atoms with E-state index in [0.717, 1.165) is 0 Å². The maximum absolute atomic E-state index is 12.0. The summed E-state index contributed by atoms with van der Waals surface area (Å²) < 4.78 is 1.47. The quantitative estimate of drug-likeness (QED) is 0.484. The van der Waals surface area contributed by atoms with Gasteiger partial charge in [-0.3, -0.25) is 14.9 Å². The van der Waals surface area contributed by atoms with Crippen LogP contribution in [0.2, 0.25) is 0 Å². The lowest BCUT2D eigenvalue weighted by molar-refractivity contribution is -0.384. The molecule has 1 amide bonds. The second kappa shape index (κ2) is 5.31. The summed E-state index contributed by atoms with van der Waals surface area (Å²) in [6.45, 7) is 2.47. The summed E-state index contributed by atoms with van der Waals surface area (Å²) in [5.74, 6) is -0.230. The molecule has 0 aromatic carbocycles. The first kappa shape index (κ1) is 13.7. The molecule has 1 heterocycles. The number of alkyl halides is 1. The monoisotopic (exact) mass is 303 g/mol. The van der Waals surface area contributed by atoms with Crippen LogP contribution in [0.4, 0.5) is 5.69 Å². The Kier molecular flexibility index (Phi) is 4.28. The number of carbonyl (C=O) groups is 1. The molecule has 0 aliphatic heterocycles. The maximum atomic E-state index is 12.0. The van der Waals surface area contributed by atoms with Crippen LogP contribution in [0.25, 0.3) is 0 Å². The van der Waals surface area contributed by atoms with Crippen LogP contribution in [0.3, 0.4) is 0 Å².